The number of fused-ring (bicyclic) bond motifs is 1. The van der Waals surface area contributed by atoms with E-state index < -0.39 is 6.36 Å². The van der Waals surface area contributed by atoms with E-state index in [1.54, 1.807) is 0 Å². The number of alkyl halides is 3. The van der Waals surface area contributed by atoms with E-state index in [0.29, 0.717) is 11.5 Å². The first-order chi connectivity index (χ1) is 16.7. The maximum absolute atomic E-state index is 12.6. The molecule has 186 valence electrons. The molecule has 1 fully saturated rings. The van der Waals surface area contributed by atoms with Crippen molar-refractivity contribution in [2.24, 2.45) is 5.92 Å². The summed E-state index contributed by atoms with van der Waals surface area (Å²) in [5, 5.41) is 7.31. The predicted octanol–water partition coefficient (Wildman–Crippen LogP) is 4.88. The number of halogens is 3. The number of rotatable bonds is 7. The minimum absolute atomic E-state index is 0.0454. The molecule has 10 heteroatoms. The molecule has 1 amide bonds. The Hall–Kier alpha value is -3.56. The van der Waals surface area contributed by atoms with Crippen LogP contribution in [0.5, 0.6) is 5.75 Å². The molecule has 3 aromatic rings. The molecule has 1 aromatic heterocycles. The van der Waals surface area contributed by atoms with E-state index in [1.807, 2.05) is 43.3 Å². The van der Waals surface area contributed by atoms with Gasteiger partial charge >= 0.3 is 6.36 Å². The van der Waals surface area contributed by atoms with Crippen LogP contribution < -0.4 is 20.3 Å². The van der Waals surface area contributed by atoms with Gasteiger partial charge in [0.05, 0.1) is 5.52 Å². The standard InChI is InChI=1S/C25H28F3N5O2/c1-33(2)22-20-5-3-4-6-21(20)31-24(32-22)30-18-11-9-17(10-12-18)23(34)29-15-16-7-13-19(14-8-16)35-25(26,27)28/h3-8,13-14,17-18H,9-12,15H2,1-2H3,(H,29,34)(H,30,31,32)/t17-,18+. The van der Waals surface area contributed by atoms with Crippen LogP contribution in [0, 0.1) is 5.92 Å². The largest absolute Gasteiger partial charge is 0.573 e. The van der Waals surface area contributed by atoms with Crippen molar-refractivity contribution in [2.45, 2.75) is 44.6 Å². The normalized spacial score (nSPS) is 18.2. The van der Waals surface area contributed by atoms with Gasteiger partial charge in [0.25, 0.3) is 0 Å². The lowest BCUT2D eigenvalue weighted by Crippen LogP contribution is -2.35. The highest BCUT2D eigenvalue weighted by Crippen LogP contribution is 2.29. The Morgan fingerprint density at radius 2 is 1.71 bits per heavy atom. The number of para-hydroxylation sites is 1. The molecule has 1 aliphatic rings. The zero-order chi connectivity index (χ0) is 25.0. The fourth-order valence-corrected chi connectivity index (χ4v) is 4.29. The lowest BCUT2D eigenvalue weighted by Gasteiger charge is -2.28. The number of ether oxygens (including phenoxy) is 1. The molecule has 0 radical (unpaired) electrons. The van der Waals surface area contributed by atoms with Gasteiger partial charge in [0, 0.05) is 38.0 Å². The van der Waals surface area contributed by atoms with Crippen LogP contribution in [0.1, 0.15) is 31.2 Å². The molecule has 0 saturated heterocycles. The summed E-state index contributed by atoms with van der Waals surface area (Å²) in [4.78, 5) is 23.9. The first-order valence-electron chi connectivity index (χ1n) is 11.5. The molecule has 2 aromatic carbocycles. The second kappa shape index (κ2) is 10.4. The Kier molecular flexibility index (Phi) is 7.28. The smallest absolute Gasteiger partial charge is 0.406 e. The van der Waals surface area contributed by atoms with Crippen LogP contribution in [-0.2, 0) is 11.3 Å². The van der Waals surface area contributed by atoms with Crippen LogP contribution in [0.3, 0.4) is 0 Å². The quantitative estimate of drug-likeness (QED) is 0.495. The second-order valence-electron chi connectivity index (χ2n) is 8.88. The van der Waals surface area contributed by atoms with E-state index in [2.05, 4.69) is 20.4 Å². The van der Waals surface area contributed by atoms with Gasteiger partial charge in [-0.1, -0.05) is 24.3 Å². The van der Waals surface area contributed by atoms with Gasteiger partial charge in [0.1, 0.15) is 11.6 Å². The summed E-state index contributed by atoms with van der Waals surface area (Å²) in [6.07, 6.45) is -1.63. The molecule has 0 aliphatic heterocycles. The summed E-state index contributed by atoms with van der Waals surface area (Å²) in [6, 6.07) is 13.6. The fraction of sp³-hybridized carbons (Fsp3) is 0.400. The molecule has 1 saturated carbocycles. The third-order valence-corrected chi connectivity index (χ3v) is 6.06. The van der Waals surface area contributed by atoms with Crippen molar-refractivity contribution in [1.29, 1.82) is 0 Å². The molecule has 7 nitrogen and oxygen atoms in total. The second-order valence-corrected chi connectivity index (χ2v) is 8.88. The van der Waals surface area contributed by atoms with Crippen LogP contribution in [0.25, 0.3) is 10.9 Å². The van der Waals surface area contributed by atoms with Crippen LogP contribution >= 0.6 is 0 Å². The molecular weight excluding hydrogens is 459 g/mol. The zero-order valence-corrected chi connectivity index (χ0v) is 19.6. The number of hydrogen-bond donors (Lipinski definition) is 2. The van der Waals surface area contributed by atoms with E-state index >= 15 is 0 Å². The molecule has 0 unspecified atom stereocenters. The Labute approximate surface area is 201 Å². The molecule has 0 bridgehead atoms. The number of anilines is 2. The first kappa shape index (κ1) is 24.6. The summed E-state index contributed by atoms with van der Waals surface area (Å²) >= 11 is 0. The highest BCUT2D eigenvalue weighted by Gasteiger charge is 2.31. The Balaban J connectivity index is 1.28. The Morgan fingerprint density at radius 1 is 1.03 bits per heavy atom. The summed E-state index contributed by atoms with van der Waals surface area (Å²) < 4.78 is 40.7. The molecule has 1 aliphatic carbocycles. The van der Waals surface area contributed by atoms with Crippen molar-refractivity contribution >= 4 is 28.6 Å². The lowest BCUT2D eigenvalue weighted by atomic mass is 9.85. The Morgan fingerprint density at radius 3 is 2.37 bits per heavy atom. The van der Waals surface area contributed by atoms with Crippen LogP contribution in [-0.4, -0.2) is 42.4 Å². The summed E-state index contributed by atoms with van der Waals surface area (Å²) in [7, 11) is 3.90. The molecule has 35 heavy (non-hydrogen) atoms. The van der Waals surface area contributed by atoms with Crippen LogP contribution in [0.2, 0.25) is 0 Å². The third-order valence-electron chi connectivity index (χ3n) is 6.06. The van der Waals surface area contributed by atoms with Gasteiger partial charge in [0.2, 0.25) is 11.9 Å². The molecule has 0 spiro atoms. The number of nitrogens with zero attached hydrogens (tertiary/aromatic N) is 3. The van der Waals surface area contributed by atoms with E-state index in [0.717, 1.165) is 42.4 Å². The maximum atomic E-state index is 12.6. The number of amides is 1. The zero-order valence-electron chi connectivity index (χ0n) is 19.6. The maximum Gasteiger partial charge on any atom is 0.573 e. The van der Waals surface area contributed by atoms with Gasteiger partial charge in [-0.15, -0.1) is 13.2 Å². The molecule has 1 heterocycles. The number of carbonyl (C=O) groups is 1. The topological polar surface area (TPSA) is 79.4 Å². The van der Waals surface area contributed by atoms with Crippen molar-refractivity contribution < 1.29 is 22.7 Å². The van der Waals surface area contributed by atoms with Crippen molar-refractivity contribution in [3.8, 4) is 5.75 Å². The van der Waals surface area contributed by atoms with Crippen molar-refractivity contribution in [1.82, 2.24) is 15.3 Å². The van der Waals surface area contributed by atoms with Crippen LogP contribution in [0.15, 0.2) is 48.5 Å². The van der Waals surface area contributed by atoms with Gasteiger partial charge in [-0.3, -0.25) is 4.79 Å². The SMILES string of the molecule is CN(C)c1nc(N[C@H]2CC[C@@H](C(=O)NCc3ccc(OC(F)(F)F)cc3)CC2)nc2ccccc12. The van der Waals surface area contributed by atoms with Gasteiger partial charge < -0.3 is 20.3 Å². The number of nitrogens with one attached hydrogen (secondary N) is 2. The van der Waals surface area contributed by atoms with E-state index in [4.69, 9.17) is 4.98 Å². The van der Waals surface area contributed by atoms with Gasteiger partial charge in [-0.2, -0.15) is 4.98 Å². The summed E-state index contributed by atoms with van der Waals surface area (Å²) in [6.45, 7) is 0.252. The molecular formula is C25H28F3N5O2. The molecule has 2 N–H and O–H groups in total. The van der Waals surface area contributed by atoms with E-state index in [1.165, 1.54) is 24.3 Å². The average Bonchev–Trinajstić information content (AvgIpc) is 2.82. The minimum Gasteiger partial charge on any atom is -0.406 e. The number of benzene rings is 2. The van der Waals surface area contributed by atoms with E-state index in [-0.39, 0.29) is 30.2 Å². The Bertz CT molecular complexity index is 1160. The lowest BCUT2D eigenvalue weighted by molar-refractivity contribution is -0.274. The summed E-state index contributed by atoms with van der Waals surface area (Å²) in [5.74, 6) is 1.00. The van der Waals surface area contributed by atoms with Gasteiger partial charge in [-0.25, -0.2) is 4.98 Å². The monoisotopic (exact) mass is 487 g/mol. The number of aromatic nitrogens is 2. The minimum atomic E-state index is -4.72. The number of carbonyl (C=O) groups excluding carboxylic acids is 1. The molecule has 4 rings (SSSR count). The van der Waals surface area contributed by atoms with Gasteiger partial charge in [-0.05, 0) is 55.5 Å². The van der Waals surface area contributed by atoms with Crippen molar-refractivity contribution in [3.05, 3.63) is 54.1 Å². The van der Waals surface area contributed by atoms with Crippen molar-refractivity contribution in [2.75, 3.05) is 24.3 Å². The first-order valence-corrected chi connectivity index (χ1v) is 11.5. The highest BCUT2D eigenvalue weighted by atomic mass is 19.4. The number of hydrogen-bond acceptors (Lipinski definition) is 6. The highest BCUT2D eigenvalue weighted by molar-refractivity contribution is 5.90. The fourth-order valence-electron chi connectivity index (χ4n) is 4.29. The van der Waals surface area contributed by atoms with Crippen molar-refractivity contribution in [3.63, 3.8) is 0 Å². The average molecular weight is 488 g/mol. The van der Waals surface area contributed by atoms with Crippen LogP contribution in [0.4, 0.5) is 24.9 Å². The van der Waals surface area contributed by atoms with E-state index in [9.17, 15) is 18.0 Å². The third kappa shape index (κ3) is 6.52. The molecule has 0 atom stereocenters. The van der Waals surface area contributed by atoms with Gasteiger partial charge in [0.15, 0.2) is 0 Å². The predicted molar refractivity (Wildman–Crippen MR) is 128 cm³/mol. The summed E-state index contributed by atoms with van der Waals surface area (Å²) in [5.41, 5.74) is 1.58.